The van der Waals surface area contributed by atoms with Gasteiger partial charge in [0, 0.05) is 27.9 Å². The molecule has 0 amide bonds. The van der Waals surface area contributed by atoms with Crippen LogP contribution in [-0.2, 0) is 0 Å². The Morgan fingerprint density at radius 3 is 2.45 bits per heavy atom. The Kier molecular flexibility index (Phi) is 4.18. The van der Waals surface area contributed by atoms with E-state index in [1.165, 1.54) is 0 Å². The fraction of sp³-hybridized carbons (Fsp3) is 0.0455. The third kappa shape index (κ3) is 2.98. The summed E-state index contributed by atoms with van der Waals surface area (Å²) in [6.07, 6.45) is 3.44. The van der Waals surface area contributed by atoms with Crippen LogP contribution in [0.25, 0.3) is 32.7 Å². The summed E-state index contributed by atoms with van der Waals surface area (Å²) in [4.78, 5) is 9.22. The topological polar surface area (TPSA) is 85.2 Å². The normalized spacial score (nSPS) is 11.5. The molecule has 0 unspecified atom stereocenters. The summed E-state index contributed by atoms with van der Waals surface area (Å²) in [5.41, 5.74) is 6.06. The summed E-state index contributed by atoms with van der Waals surface area (Å²) in [5.74, 6) is 1.04. The Hall–Kier alpha value is -4.13. The van der Waals surface area contributed by atoms with Crippen molar-refractivity contribution in [2.45, 2.75) is 0 Å². The maximum Gasteiger partial charge on any atom is 0.263 e. The predicted molar refractivity (Wildman–Crippen MR) is 114 cm³/mol. The minimum absolute atomic E-state index is 0.309. The number of hydrogen-bond donors (Lipinski definition) is 1. The van der Waals surface area contributed by atoms with Gasteiger partial charge in [-0.25, -0.2) is 10.4 Å². The summed E-state index contributed by atoms with van der Waals surface area (Å²) in [7, 11) is 1.62. The molecule has 3 aromatic carbocycles. The van der Waals surface area contributed by atoms with Gasteiger partial charge < -0.3 is 4.74 Å². The van der Waals surface area contributed by atoms with Crippen LogP contribution in [0.5, 0.6) is 5.75 Å². The second kappa shape index (κ2) is 7.12. The zero-order chi connectivity index (χ0) is 19.6. The first-order valence-corrected chi connectivity index (χ1v) is 9.07. The number of nitrogens with one attached hydrogen (secondary N) is 1. The minimum Gasteiger partial charge on any atom is -0.496 e. The first kappa shape index (κ1) is 17.0. The number of hydrazone groups is 1. The lowest BCUT2D eigenvalue weighted by Crippen LogP contribution is -2.01. The molecule has 0 spiro atoms. The lowest BCUT2D eigenvalue weighted by atomic mass is 10.0. The van der Waals surface area contributed by atoms with Crippen LogP contribution in [0.1, 0.15) is 5.56 Å². The van der Waals surface area contributed by atoms with Crippen LogP contribution in [0.2, 0.25) is 0 Å². The zero-order valence-electron chi connectivity index (χ0n) is 15.6. The Balaban J connectivity index is 1.59. The van der Waals surface area contributed by atoms with Gasteiger partial charge in [-0.3, -0.25) is 4.98 Å². The number of anilines is 1. The molecule has 7 nitrogen and oxygen atoms in total. The minimum atomic E-state index is 0.309. The molecule has 0 bridgehead atoms. The molecule has 0 fully saturated rings. The van der Waals surface area contributed by atoms with E-state index in [0.29, 0.717) is 5.95 Å². The Morgan fingerprint density at radius 2 is 1.59 bits per heavy atom. The van der Waals surface area contributed by atoms with E-state index in [0.717, 1.165) is 44.0 Å². The SMILES string of the molecule is COc1ccccc1/C=N/Nc1nnc2c3ccccc3c3ncccc3c2n1. The molecule has 0 aliphatic carbocycles. The van der Waals surface area contributed by atoms with E-state index in [2.05, 4.69) is 30.7 Å². The van der Waals surface area contributed by atoms with Crippen LogP contribution in [0.4, 0.5) is 5.95 Å². The number of ether oxygens (including phenoxy) is 1. The van der Waals surface area contributed by atoms with Gasteiger partial charge in [-0.05, 0) is 24.3 Å². The first-order valence-electron chi connectivity index (χ1n) is 9.07. The van der Waals surface area contributed by atoms with Crippen LogP contribution in [0.15, 0.2) is 72.0 Å². The smallest absolute Gasteiger partial charge is 0.263 e. The van der Waals surface area contributed by atoms with E-state index >= 15 is 0 Å². The Bertz CT molecular complexity index is 1350. The number of benzene rings is 3. The van der Waals surface area contributed by atoms with Gasteiger partial charge in [0.1, 0.15) is 16.8 Å². The van der Waals surface area contributed by atoms with Gasteiger partial charge in [0.2, 0.25) is 0 Å². The highest BCUT2D eigenvalue weighted by atomic mass is 16.5. The number of para-hydroxylation sites is 1. The van der Waals surface area contributed by atoms with E-state index in [1.54, 1.807) is 19.5 Å². The monoisotopic (exact) mass is 380 g/mol. The van der Waals surface area contributed by atoms with Gasteiger partial charge in [0.05, 0.1) is 18.8 Å². The molecule has 0 aliphatic rings. The van der Waals surface area contributed by atoms with Gasteiger partial charge in [-0.2, -0.15) is 5.10 Å². The third-order valence-electron chi connectivity index (χ3n) is 4.69. The van der Waals surface area contributed by atoms with E-state index in [1.807, 2.05) is 60.7 Å². The quantitative estimate of drug-likeness (QED) is 0.286. The van der Waals surface area contributed by atoms with Crippen molar-refractivity contribution in [3.63, 3.8) is 0 Å². The maximum absolute atomic E-state index is 5.33. The number of rotatable bonds is 4. The number of aromatic nitrogens is 4. The maximum atomic E-state index is 5.33. The Morgan fingerprint density at radius 1 is 0.828 bits per heavy atom. The van der Waals surface area contributed by atoms with Crippen molar-refractivity contribution >= 4 is 44.9 Å². The van der Waals surface area contributed by atoms with Crippen molar-refractivity contribution in [2.75, 3.05) is 12.5 Å². The lowest BCUT2D eigenvalue weighted by Gasteiger charge is -2.08. The molecule has 7 heteroatoms. The summed E-state index contributed by atoms with van der Waals surface area (Å²) in [5, 5.41) is 15.8. The standard InChI is InChI=1S/C22H16N6O/c1-29-18-11-5-2-7-14(18)13-24-27-22-25-20-17-10-6-12-23-19(17)15-8-3-4-9-16(15)21(20)26-28-22/h2-13H,1H3,(H,25,27,28)/b24-13+. The molecule has 1 N–H and O–H groups in total. The largest absolute Gasteiger partial charge is 0.496 e. The number of pyridine rings is 1. The van der Waals surface area contributed by atoms with E-state index in [4.69, 9.17) is 4.74 Å². The fourth-order valence-corrected chi connectivity index (χ4v) is 3.38. The molecule has 2 aromatic heterocycles. The third-order valence-corrected chi connectivity index (χ3v) is 4.69. The van der Waals surface area contributed by atoms with Gasteiger partial charge >= 0.3 is 0 Å². The van der Waals surface area contributed by atoms with Crippen molar-refractivity contribution in [1.29, 1.82) is 0 Å². The molecule has 0 aliphatic heterocycles. The molecular weight excluding hydrogens is 364 g/mol. The van der Waals surface area contributed by atoms with Gasteiger partial charge in [-0.15, -0.1) is 10.2 Å². The highest BCUT2D eigenvalue weighted by Gasteiger charge is 2.12. The van der Waals surface area contributed by atoms with Crippen molar-refractivity contribution in [2.24, 2.45) is 5.10 Å². The molecule has 0 saturated heterocycles. The van der Waals surface area contributed by atoms with Crippen LogP contribution in [-0.4, -0.2) is 33.5 Å². The van der Waals surface area contributed by atoms with Crippen LogP contribution < -0.4 is 10.2 Å². The molecular formula is C22H16N6O. The van der Waals surface area contributed by atoms with Crippen molar-refractivity contribution in [3.05, 3.63) is 72.4 Å². The van der Waals surface area contributed by atoms with Crippen molar-refractivity contribution < 1.29 is 4.74 Å². The molecule has 140 valence electrons. The average Bonchev–Trinajstić information content (AvgIpc) is 2.79. The average molecular weight is 380 g/mol. The van der Waals surface area contributed by atoms with Crippen LogP contribution in [0.3, 0.4) is 0 Å². The second-order valence-corrected chi connectivity index (χ2v) is 6.39. The number of fused-ring (bicyclic) bond motifs is 6. The van der Waals surface area contributed by atoms with E-state index in [9.17, 15) is 0 Å². The van der Waals surface area contributed by atoms with Gasteiger partial charge in [-0.1, -0.05) is 36.4 Å². The fourth-order valence-electron chi connectivity index (χ4n) is 3.38. The first-order chi connectivity index (χ1) is 14.3. The van der Waals surface area contributed by atoms with Crippen molar-refractivity contribution in [1.82, 2.24) is 20.2 Å². The molecule has 0 atom stereocenters. The van der Waals surface area contributed by atoms with Gasteiger partial charge in [0.25, 0.3) is 5.95 Å². The number of methoxy groups -OCH3 is 1. The molecule has 0 saturated carbocycles. The number of hydrogen-bond acceptors (Lipinski definition) is 7. The van der Waals surface area contributed by atoms with E-state index < -0.39 is 0 Å². The molecule has 5 rings (SSSR count). The van der Waals surface area contributed by atoms with Crippen LogP contribution >= 0.6 is 0 Å². The summed E-state index contributed by atoms with van der Waals surface area (Å²) >= 11 is 0. The van der Waals surface area contributed by atoms with Crippen molar-refractivity contribution in [3.8, 4) is 5.75 Å². The summed E-state index contributed by atoms with van der Waals surface area (Å²) in [6, 6.07) is 19.5. The second-order valence-electron chi connectivity index (χ2n) is 6.39. The Labute approximate surface area is 166 Å². The highest BCUT2D eigenvalue weighted by Crippen LogP contribution is 2.31. The summed E-state index contributed by atoms with van der Waals surface area (Å²) in [6.45, 7) is 0. The zero-order valence-corrected chi connectivity index (χ0v) is 15.6. The summed E-state index contributed by atoms with van der Waals surface area (Å²) < 4.78 is 5.33. The van der Waals surface area contributed by atoms with Crippen LogP contribution in [0, 0.1) is 0 Å². The lowest BCUT2D eigenvalue weighted by molar-refractivity contribution is 0.414. The molecule has 29 heavy (non-hydrogen) atoms. The van der Waals surface area contributed by atoms with E-state index in [-0.39, 0.29) is 0 Å². The highest BCUT2D eigenvalue weighted by molar-refractivity contribution is 6.21. The predicted octanol–water partition coefficient (Wildman–Crippen LogP) is 4.18. The molecule has 0 radical (unpaired) electrons. The van der Waals surface area contributed by atoms with Gasteiger partial charge in [0.15, 0.2) is 0 Å². The number of nitrogens with zero attached hydrogens (tertiary/aromatic N) is 5. The molecule has 2 heterocycles. The molecule has 5 aromatic rings.